The van der Waals surface area contributed by atoms with Crippen LogP contribution in [0, 0.1) is 28.9 Å². The first-order valence-corrected chi connectivity index (χ1v) is 11.4. The van der Waals surface area contributed by atoms with Crippen LogP contribution in [-0.2, 0) is 4.79 Å². The van der Waals surface area contributed by atoms with Crippen molar-refractivity contribution in [2.45, 2.75) is 51.1 Å². The van der Waals surface area contributed by atoms with E-state index in [0.717, 1.165) is 12.1 Å². The van der Waals surface area contributed by atoms with Crippen LogP contribution < -0.4 is 16.4 Å². The lowest BCUT2D eigenvalue weighted by Crippen LogP contribution is -2.29. The highest BCUT2D eigenvalue weighted by molar-refractivity contribution is 5.78. The normalized spacial score (nSPS) is 18.7. The second-order valence-corrected chi connectivity index (χ2v) is 8.60. The smallest absolute Gasteiger partial charge is 0.225 e. The number of carbonyl (C=O) groups excluding carboxylic acids is 1. The predicted molar refractivity (Wildman–Crippen MR) is 125 cm³/mol. The topological polar surface area (TPSA) is 155 Å². The van der Waals surface area contributed by atoms with Crippen molar-refractivity contribution in [1.29, 1.82) is 5.26 Å². The molecule has 5 N–H and O–H groups in total. The number of primary amides is 1. The summed E-state index contributed by atoms with van der Waals surface area (Å²) >= 11 is 0. The molecule has 1 aromatic carbocycles. The molecule has 10 nitrogen and oxygen atoms in total. The van der Waals surface area contributed by atoms with E-state index in [1.807, 2.05) is 6.92 Å². The van der Waals surface area contributed by atoms with E-state index in [1.54, 1.807) is 10.6 Å². The summed E-state index contributed by atoms with van der Waals surface area (Å²) in [5, 5.41) is 24.3. The number of hydrogen-bond donors (Lipinski definition) is 4. The van der Waals surface area contributed by atoms with Crippen LogP contribution in [0.2, 0.25) is 0 Å². The lowest BCUT2D eigenvalue weighted by atomic mass is 9.85. The second kappa shape index (κ2) is 10.2. The number of carbonyl (C=O) groups is 1. The van der Waals surface area contributed by atoms with E-state index >= 15 is 0 Å². The van der Waals surface area contributed by atoms with E-state index in [9.17, 15) is 18.7 Å². The number of anilines is 3. The fourth-order valence-electron chi connectivity index (χ4n) is 4.34. The maximum Gasteiger partial charge on any atom is 0.225 e. The van der Waals surface area contributed by atoms with E-state index in [0.29, 0.717) is 43.3 Å². The molecule has 0 unspecified atom stereocenters. The summed E-state index contributed by atoms with van der Waals surface area (Å²) in [6.45, 7) is 1.81. The molecule has 1 aliphatic carbocycles. The number of amides is 1. The standard InChI is InChI=1S/C23H26F2N8O2/c1-2-14(11-34)29-22-28-10-18-21(32-22)33(15-5-3-13(4-6-15)20(27)35)23(30-18)31-19-16(24)7-12(9-26)8-17(19)25/h7-8,10,13-15,34H,2-6,11H2,1H3,(H2,27,35)(H,30,31)(H,28,29,32)/t13?,14-,15?/m0/s1. The number of aliphatic hydroxyl groups is 1. The van der Waals surface area contributed by atoms with Crippen molar-refractivity contribution in [3.05, 3.63) is 35.5 Å². The van der Waals surface area contributed by atoms with Gasteiger partial charge in [-0.2, -0.15) is 10.2 Å². The molecule has 3 aromatic rings. The van der Waals surface area contributed by atoms with Crippen molar-refractivity contribution in [1.82, 2.24) is 19.5 Å². The molecule has 0 bridgehead atoms. The van der Waals surface area contributed by atoms with E-state index in [1.165, 1.54) is 6.20 Å². The molecule has 12 heteroatoms. The molecule has 0 saturated heterocycles. The minimum absolute atomic E-state index is 0.0989. The van der Waals surface area contributed by atoms with E-state index in [2.05, 4.69) is 25.6 Å². The van der Waals surface area contributed by atoms with Gasteiger partial charge in [0.25, 0.3) is 0 Å². The molecule has 0 spiro atoms. The lowest BCUT2D eigenvalue weighted by molar-refractivity contribution is -0.122. The maximum absolute atomic E-state index is 14.6. The van der Waals surface area contributed by atoms with Crippen molar-refractivity contribution in [3.8, 4) is 6.07 Å². The molecule has 2 aromatic heterocycles. The summed E-state index contributed by atoms with van der Waals surface area (Å²) in [6, 6.07) is 3.20. The van der Waals surface area contributed by atoms with Crippen molar-refractivity contribution in [2.75, 3.05) is 17.2 Å². The first kappa shape index (κ1) is 24.3. The molecule has 1 atom stereocenters. The van der Waals surface area contributed by atoms with Crippen molar-refractivity contribution in [2.24, 2.45) is 11.7 Å². The Labute approximate surface area is 200 Å². The molecule has 1 aliphatic rings. The van der Waals surface area contributed by atoms with Gasteiger partial charge in [0.1, 0.15) is 11.2 Å². The SMILES string of the molecule is CC[C@@H](CO)Nc1ncc2nc(Nc3c(F)cc(C#N)cc3F)n(C3CCC(C(N)=O)CC3)c2n1. The number of nitrogens with two attached hydrogens (primary N) is 1. The van der Waals surface area contributed by atoms with Gasteiger partial charge < -0.3 is 21.5 Å². The lowest BCUT2D eigenvalue weighted by Gasteiger charge is -2.29. The average Bonchev–Trinajstić information content (AvgIpc) is 3.21. The number of fused-ring (bicyclic) bond motifs is 1. The van der Waals surface area contributed by atoms with Crippen LogP contribution in [0.4, 0.5) is 26.4 Å². The number of aliphatic hydroxyl groups excluding tert-OH is 1. The fraction of sp³-hybridized carbons (Fsp3) is 0.435. The molecule has 0 aliphatic heterocycles. The highest BCUT2D eigenvalue weighted by Crippen LogP contribution is 2.37. The van der Waals surface area contributed by atoms with Crippen LogP contribution in [0.1, 0.15) is 50.6 Å². The number of nitrogens with one attached hydrogen (secondary N) is 2. The van der Waals surface area contributed by atoms with Crippen molar-refractivity contribution in [3.63, 3.8) is 0 Å². The molecule has 184 valence electrons. The molecule has 1 amide bonds. The van der Waals surface area contributed by atoms with Gasteiger partial charge in [-0.05, 0) is 44.2 Å². The molecular formula is C23H26F2N8O2. The molecule has 1 saturated carbocycles. The summed E-state index contributed by atoms with van der Waals surface area (Å²) in [6.07, 6.45) is 4.46. The Morgan fingerprint density at radius 1 is 1.29 bits per heavy atom. The Morgan fingerprint density at radius 2 is 1.97 bits per heavy atom. The Kier molecular flexibility index (Phi) is 7.07. The minimum Gasteiger partial charge on any atom is -0.394 e. The Bertz CT molecular complexity index is 1250. The van der Waals surface area contributed by atoms with Gasteiger partial charge in [0, 0.05) is 12.0 Å². The third-order valence-electron chi connectivity index (χ3n) is 6.35. The second-order valence-electron chi connectivity index (χ2n) is 8.60. The Balaban J connectivity index is 1.77. The van der Waals surface area contributed by atoms with Gasteiger partial charge in [-0.15, -0.1) is 0 Å². The van der Waals surface area contributed by atoms with Crippen LogP contribution in [0.15, 0.2) is 18.3 Å². The van der Waals surface area contributed by atoms with Gasteiger partial charge >= 0.3 is 0 Å². The zero-order valence-corrected chi connectivity index (χ0v) is 19.1. The maximum atomic E-state index is 14.6. The first-order chi connectivity index (χ1) is 16.8. The monoisotopic (exact) mass is 484 g/mol. The van der Waals surface area contributed by atoms with Crippen LogP contribution in [0.5, 0.6) is 0 Å². The van der Waals surface area contributed by atoms with Gasteiger partial charge in [-0.3, -0.25) is 9.36 Å². The summed E-state index contributed by atoms with van der Waals surface area (Å²) in [4.78, 5) is 25.0. The molecule has 2 heterocycles. The number of hydrogen-bond acceptors (Lipinski definition) is 8. The van der Waals surface area contributed by atoms with Gasteiger partial charge in [0.2, 0.25) is 17.8 Å². The van der Waals surface area contributed by atoms with Crippen LogP contribution in [0.25, 0.3) is 11.2 Å². The van der Waals surface area contributed by atoms with Crippen molar-refractivity contribution < 1.29 is 18.7 Å². The number of rotatable bonds is 8. The fourth-order valence-corrected chi connectivity index (χ4v) is 4.34. The highest BCUT2D eigenvalue weighted by Gasteiger charge is 2.29. The zero-order valence-electron chi connectivity index (χ0n) is 19.1. The summed E-state index contributed by atoms with van der Waals surface area (Å²) in [5.41, 5.74) is 5.74. The molecule has 35 heavy (non-hydrogen) atoms. The molecule has 1 fully saturated rings. The minimum atomic E-state index is -0.931. The Morgan fingerprint density at radius 3 is 2.54 bits per heavy atom. The third-order valence-corrected chi connectivity index (χ3v) is 6.35. The van der Waals surface area contributed by atoms with E-state index in [4.69, 9.17) is 11.0 Å². The largest absolute Gasteiger partial charge is 0.394 e. The average molecular weight is 485 g/mol. The summed E-state index contributed by atoms with van der Waals surface area (Å²) in [7, 11) is 0. The quantitative estimate of drug-likeness (QED) is 0.380. The zero-order chi connectivity index (χ0) is 25.1. The first-order valence-electron chi connectivity index (χ1n) is 11.4. The number of halogens is 2. The summed E-state index contributed by atoms with van der Waals surface area (Å²) < 4.78 is 31.0. The number of imidazole rings is 1. The number of aromatic nitrogens is 4. The van der Waals surface area contributed by atoms with Crippen molar-refractivity contribution >= 4 is 34.7 Å². The van der Waals surface area contributed by atoms with Gasteiger partial charge in [0.15, 0.2) is 17.3 Å². The third kappa shape index (κ3) is 5.00. The predicted octanol–water partition coefficient (Wildman–Crippen LogP) is 3.12. The highest BCUT2D eigenvalue weighted by atomic mass is 19.1. The number of nitrogens with zero attached hydrogens (tertiary/aromatic N) is 5. The van der Waals surface area contributed by atoms with Crippen LogP contribution >= 0.6 is 0 Å². The Hall–Kier alpha value is -3.85. The molecular weight excluding hydrogens is 458 g/mol. The van der Waals surface area contributed by atoms with Gasteiger partial charge in [-0.25, -0.2) is 18.7 Å². The van der Waals surface area contributed by atoms with E-state index in [-0.39, 0.29) is 48.0 Å². The van der Waals surface area contributed by atoms with E-state index < -0.39 is 17.3 Å². The number of benzene rings is 1. The number of nitriles is 1. The van der Waals surface area contributed by atoms with Gasteiger partial charge in [0.05, 0.1) is 30.5 Å². The van der Waals surface area contributed by atoms with Crippen LogP contribution in [0.3, 0.4) is 0 Å². The summed E-state index contributed by atoms with van der Waals surface area (Å²) in [5.74, 6) is -1.99. The molecule has 0 radical (unpaired) electrons. The van der Waals surface area contributed by atoms with Crippen LogP contribution in [-0.4, -0.2) is 43.2 Å². The molecule has 4 rings (SSSR count). The van der Waals surface area contributed by atoms with Gasteiger partial charge in [-0.1, -0.05) is 6.92 Å².